The minimum absolute atomic E-state index is 0.0317. The van der Waals surface area contributed by atoms with Crippen molar-refractivity contribution in [1.29, 1.82) is 0 Å². The van der Waals surface area contributed by atoms with Crippen LogP contribution in [0.5, 0.6) is 5.75 Å². The number of ether oxygens (including phenoxy) is 2. The van der Waals surface area contributed by atoms with Crippen LogP contribution in [0, 0.1) is 5.92 Å². The molecule has 2 aliphatic rings. The van der Waals surface area contributed by atoms with Gasteiger partial charge in [0.25, 0.3) is 0 Å². The van der Waals surface area contributed by atoms with Crippen LogP contribution in [0.2, 0.25) is 0 Å². The second kappa shape index (κ2) is 7.78. The van der Waals surface area contributed by atoms with Crippen molar-refractivity contribution in [3.05, 3.63) is 29.8 Å². The fraction of sp³-hybridized carbons (Fsp3) is 0.619. The molecule has 26 heavy (non-hydrogen) atoms. The zero-order chi connectivity index (χ0) is 18.7. The third-order valence-corrected chi connectivity index (χ3v) is 5.67. The van der Waals surface area contributed by atoms with Gasteiger partial charge in [-0.25, -0.2) is 0 Å². The van der Waals surface area contributed by atoms with Crippen LogP contribution in [0.1, 0.15) is 57.4 Å². The summed E-state index contributed by atoms with van der Waals surface area (Å²) in [5.74, 6) is 1.54. The molecule has 142 valence electrons. The van der Waals surface area contributed by atoms with Gasteiger partial charge in [0.05, 0.1) is 12.7 Å². The van der Waals surface area contributed by atoms with E-state index in [0.717, 1.165) is 31.6 Å². The topological polar surface area (TPSA) is 55.8 Å². The van der Waals surface area contributed by atoms with E-state index in [1.54, 1.807) is 7.11 Å². The number of nitrogens with zero attached hydrogens (tertiary/aromatic N) is 1. The molecule has 2 amide bonds. The molecule has 0 N–H and O–H groups in total. The standard InChI is InChI=1S/C21H29NO4/c1-21(2)14-16(11-13-26-21)18(15-4-6-17(25-3)7-5-15)10-12-22-19(23)8-9-20(22)24/h4-7,16,18H,8-14H2,1-3H3. The lowest BCUT2D eigenvalue weighted by molar-refractivity contribution is -0.138. The Balaban J connectivity index is 1.78. The number of amides is 2. The molecule has 0 saturated carbocycles. The normalized spacial score (nSPS) is 24.0. The van der Waals surface area contributed by atoms with Crippen LogP contribution in [0.15, 0.2) is 24.3 Å². The molecular weight excluding hydrogens is 330 g/mol. The zero-order valence-electron chi connectivity index (χ0n) is 16.0. The first-order chi connectivity index (χ1) is 12.4. The second-order valence-corrected chi connectivity index (χ2v) is 7.97. The van der Waals surface area contributed by atoms with Gasteiger partial charge >= 0.3 is 0 Å². The highest BCUT2D eigenvalue weighted by molar-refractivity contribution is 6.01. The predicted octanol–water partition coefficient (Wildman–Crippen LogP) is 3.52. The Morgan fingerprint density at radius 1 is 1.19 bits per heavy atom. The molecule has 0 aliphatic carbocycles. The van der Waals surface area contributed by atoms with Crippen molar-refractivity contribution in [3.63, 3.8) is 0 Å². The monoisotopic (exact) mass is 359 g/mol. The summed E-state index contributed by atoms with van der Waals surface area (Å²) < 4.78 is 11.2. The summed E-state index contributed by atoms with van der Waals surface area (Å²) in [5.41, 5.74) is 1.11. The summed E-state index contributed by atoms with van der Waals surface area (Å²) in [6, 6.07) is 8.19. The molecule has 3 rings (SSSR count). The van der Waals surface area contributed by atoms with Gasteiger partial charge in [0.15, 0.2) is 0 Å². The van der Waals surface area contributed by atoms with Crippen molar-refractivity contribution in [3.8, 4) is 5.75 Å². The highest BCUT2D eigenvalue weighted by Crippen LogP contribution is 2.40. The number of hydrogen-bond acceptors (Lipinski definition) is 4. The van der Waals surface area contributed by atoms with E-state index in [0.29, 0.717) is 31.2 Å². The Labute approximate surface area is 155 Å². The Morgan fingerprint density at radius 3 is 2.42 bits per heavy atom. The van der Waals surface area contributed by atoms with Gasteiger partial charge in [0.2, 0.25) is 11.8 Å². The van der Waals surface area contributed by atoms with Crippen molar-refractivity contribution in [1.82, 2.24) is 4.90 Å². The first-order valence-electron chi connectivity index (χ1n) is 9.51. The number of likely N-dealkylation sites (tertiary alicyclic amines) is 1. The molecule has 0 radical (unpaired) electrons. The number of carbonyl (C=O) groups excluding carboxylic acids is 2. The maximum Gasteiger partial charge on any atom is 0.229 e. The summed E-state index contributed by atoms with van der Waals surface area (Å²) in [4.78, 5) is 25.4. The number of carbonyl (C=O) groups is 2. The molecule has 5 heteroatoms. The lowest BCUT2D eigenvalue weighted by Gasteiger charge is -2.40. The van der Waals surface area contributed by atoms with Crippen LogP contribution in [0.4, 0.5) is 0 Å². The van der Waals surface area contributed by atoms with Crippen LogP contribution in [0.25, 0.3) is 0 Å². The van der Waals surface area contributed by atoms with E-state index >= 15 is 0 Å². The van der Waals surface area contributed by atoms with Gasteiger partial charge in [-0.15, -0.1) is 0 Å². The molecule has 2 atom stereocenters. The van der Waals surface area contributed by atoms with Gasteiger partial charge in [0.1, 0.15) is 5.75 Å². The van der Waals surface area contributed by atoms with Gasteiger partial charge < -0.3 is 9.47 Å². The minimum Gasteiger partial charge on any atom is -0.497 e. The Bertz CT molecular complexity index is 636. The average Bonchev–Trinajstić information content (AvgIpc) is 2.93. The Hall–Kier alpha value is -1.88. The third kappa shape index (κ3) is 4.26. The van der Waals surface area contributed by atoms with Gasteiger partial charge in [-0.05, 0) is 62.6 Å². The van der Waals surface area contributed by atoms with Crippen LogP contribution >= 0.6 is 0 Å². The predicted molar refractivity (Wildman–Crippen MR) is 99.1 cm³/mol. The average molecular weight is 359 g/mol. The Kier molecular flexibility index (Phi) is 5.66. The molecule has 2 heterocycles. The summed E-state index contributed by atoms with van der Waals surface area (Å²) in [6.45, 7) is 5.54. The number of methoxy groups -OCH3 is 1. The summed E-state index contributed by atoms with van der Waals surface area (Å²) in [7, 11) is 1.66. The van der Waals surface area contributed by atoms with Gasteiger partial charge in [-0.3, -0.25) is 14.5 Å². The quantitative estimate of drug-likeness (QED) is 0.729. The highest BCUT2D eigenvalue weighted by atomic mass is 16.5. The van der Waals surface area contributed by atoms with Crippen molar-refractivity contribution >= 4 is 11.8 Å². The van der Waals surface area contributed by atoms with Crippen molar-refractivity contribution in [2.45, 2.75) is 57.5 Å². The van der Waals surface area contributed by atoms with Crippen LogP contribution in [-0.2, 0) is 14.3 Å². The summed E-state index contributed by atoms with van der Waals surface area (Å²) >= 11 is 0. The largest absolute Gasteiger partial charge is 0.497 e. The maximum atomic E-state index is 12.0. The van der Waals surface area contributed by atoms with E-state index in [2.05, 4.69) is 26.0 Å². The second-order valence-electron chi connectivity index (χ2n) is 7.97. The lowest BCUT2D eigenvalue weighted by atomic mass is 9.75. The van der Waals surface area contributed by atoms with E-state index in [1.165, 1.54) is 10.5 Å². The van der Waals surface area contributed by atoms with Crippen molar-refractivity contribution < 1.29 is 19.1 Å². The molecule has 5 nitrogen and oxygen atoms in total. The molecule has 1 aromatic rings. The molecule has 2 fully saturated rings. The fourth-order valence-electron chi connectivity index (χ4n) is 4.29. The molecular formula is C21H29NO4. The number of rotatable bonds is 6. The molecule has 2 aliphatic heterocycles. The molecule has 0 aromatic heterocycles. The van der Waals surface area contributed by atoms with Crippen molar-refractivity contribution in [2.75, 3.05) is 20.3 Å². The van der Waals surface area contributed by atoms with Crippen LogP contribution < -0.4 is 4.74 Å². The van der Waals surface area contributed by atoms with Crippen LogP contribution in [0.3, 0.4) is 0 Å². The van der Waals surface area contributed by atoms with E-state index in [1.807, 2.05) is 12.1 Å². The third-order valence-electron chi connectivity index (χ3n) is 5.67. The van der Waals surface area contributed by atoms with E-state index in [4.69, 9.17) is 9.47 Å². The van der Waals surface area contributed by atoms with Crippen molar-refractivity contribution in [2.24, 2.45) is 5.92 Å². The molecule has 2 unspecified atom stereocenters. The van der Waals surface area contributed by atoms with E-state index in [9.17, 15) is 9.59 Å². The fourth-order valence-corrected chi connectivity index (χ4v) is 4.29. The smallest absolute Gasteiger partial charge is 0.229 e. The zero-order valence-corrected chi connectivity index (χ0v) is 16.0. The first-order valence-corrected chi connectivity index (χ1v) is 9.51. The Morgan fingerprint density at radius 2 is 1.85 bits per heavy atom. The highest BCUT2D eigenvalue weighted by Gasteiger charge is 2.35. The molecule has 2 saturated heterocycles. The molecule has 0 bridgehead atoms. The molecule has 0 spiro atoms. The summed E-state index contributed by atoms with van der Waals surface area (Å²) in [5, 5.41) is 0. The number of benzene rings is 1. The lowest BCUT2D eigenvalue weighted by Crippen LogP contribution is -2.37. The van der Waals surface area contributed by atoms with Gasteiger partial charge in [-0.2, -0.15) is 0 Å². The van der Waals surface area contributed by atoms with Gasteiger partial charge in [0, 0.05) is 26.0 Å². The SMILES string of the molecule is COc1ccc(C(CCN2C(=O)CCC2=O)C2CCOC(C)(C)C2)cc1. The van der Waals surface area contributed by atoms with Gasteiger partial charge in [-0.1, -0.05) is 12.1 Å². The van der Waals surface area contributed by atoms with E-state index in [-0.39, 0.29) is 17.4 Å². The van der Waals surface area contributed by atoms with Crippen LogP contribution in [-0.4, -0.2) is 42.6 Å². The first kappa shape index (κ1) is 18.9. The number of hydrogen-bond donors (Lipinski definition) is 0. The minimum atomic E-state index is -0.132. The summed E-state index contributed by atoms with van der Waals surface area (Å²) in [6.07, 6.45) is 3.49. The van der Waals surface area contributed by atoms with E-state index < -0.39 is 0 Å². The maximum absolute atomic E-state index is 12.0. The number of imide groups is 1. The molecule has 1 aromatic carbocycles.